The molecule has 0 unspecified atom stereocenters. The van der Waals surface area contributed by atoms with Crippen LogP contribution in [-0.2, 0) is 10.0 Å². The minimum Gasteiger partial charge on any atom is -0.497 e. The van der Waals surface area contributed by atoms with Crippen LogP contribution >= 0.6 is 0 Å². The SMILES string of the molecule is COc1cccc(NC(=O)c2ccc(N3CCCS3(=O)=O)cc2)c1. The molecule has 0 atom stereocenters. The van der Waals surface area contributed by atoms with Crippen molar-refractivity contribution < 1.29 is 17.9 Å². The monoisotopic (exact) mass is 346 g/mol. The van der Waals surface area contributed by atoms with Gasteiger partial charge in [-0.25, -0.2) is 8.42 Å². The maximum atomic E-state index is 12.3. The van der Waals surface area contributed by atoms with Crippen LogP contribution < -0.4 is 14.4 Å². The lowest BCUT2D eigenvalue weighted by atomic mass is 10.2. The van der Waals surface area contributed by atoms with Crippen LogP contribution in [0.1, 0.15) is 16.8 Å². The van der Waals surface area contributed by atoms with Crippen molar-refractivity contribution in [1.29, 1.82) is 0 Å². The number of hydrogen-bond acceptors (Lipinski definition) is 4. The van der Waals surface area contributed by atoms with Gasteiger partial charge in [-0.2, -0.15) is 0 Å². The summed E-state index contributed by atoms with van der Waals surface area (Å²) in [5.74, 6) is 0.562. The van der Waals surface area contributed by atoms with E-state index in [4.69, 9.17) is 4.74 Å². The molecule has 3 rings (SSSR count). The number of hydrogen-bond donors (Lipinski definition) is 1. The van der Waals surface area contributed by atoms with Crippen molar-refractivity contribution in [1.82, 2.24) is 0 Å². The van der Waals surface area contributed by atoms with E-state index in [2.05, 4.69) is 5.32 Å². The molecule has 0 spiro atoms. The molecule has 1 fully saturated rings. The van der Waals surface area contributed by atoms with Crippen molar-refractivity contribution in [3.05, 3.63) is 54.1 Å². The molecule has 1 heterocycles. The Morgan fingerprint density at radius 2 is 1.92 bits per heavy atom. The molecule has 1 aliphatic rings. The van der Waals surface area contributed by atoms with E-state index in [9.17, 15) is 13.2 Å². The van der Waals surface area contributed by atoms with Crippen molar-refractivity contribution in [2.75, 3.05) is 29.0 Å². The van der Waals surface area contributed by atoms with Crippen molar-refractivity contribution in [3.8, 4) is 5.75 Å². The van der Waals surface area contributed by atoms with Gasteiger partial charge in [-0.3, -0.25) is 9.10 Å². The summed E-state index contributed by atoms with van der Waals surface area (Å²) >= 11 is 0. The smallest absolute Gasteiger partial charge is 0.255 e. The van der Waals surface area contributed by atoms with Gasteiger partial charge in [0.1, 0.15) is 5.75 Å². The average Bonchev–Trinajstić information content (AvgIpc) is 2.94. The number of anilines is 2. The maximum absolute atomic E-state index is 12.3. The Labute approximate surface area is 141 Å². The second-order valence-corrected chi connectivity index (χ2v) is 7.49. The van der Waals surface area contributed by atoms with Crippen LogP contribution in [0, 0.1) is 0 Å². The molecule has 0 radical (unpaired) electrons. The van der Waals surface area contributed by atoms with Crippen molar-refractivity contribution in [2.24, 2.45) is 0 Å². The van der Waals surface area contributed by atoms with E-state index in [-0.39, 0.29) is 11.7 Å². The normalized spacial score (nSPS) is 16.0. The van der Waals surface area contributed by atoms with Gasteiger partial charge in [-0.15, -0.1) is 0 Å². The number of ether oxygens (including phenoxy) is 1. The molecule has 1 saturated heterocycles. The zero-order valence-corrected chi connectivity index (χ0v) is 14.0. The van der Waals surface area contributed by atoms with Crippen molar-refractivity contribution in [3.63, 3.8) is 0 Å². The quantitative estimate of drug-likeness (QED) is 0.923. The average molecular weight is 346 g/mol. The van der Waals surface area contributed by atoms with Gasteiger partial charge in [0, 0.05) is 23.9 Å². The van der Waals surface area contributed by atoms with Gasteiger partial charge in [-0.1, -0.05) is 6.07 Å². The zero-order valence-electron chi connectivity index (χ0n) is 13.2. The molecule has 2 aromatic rings. The van der Waals surface area contributed by atoms with Gasteiger partial charge in [-0.05, 0) is 42.8 Å². The predicted octanol–water partition coefficient (Wildman–Crippen LogP) is 2.49. The van der Waals surface area contributed by atoms with Crippen LogP contribution in [0.4, 0.5) is 11.4 Å². The van der Waals surface area contributed by atoms with Crippen LogP contribution in [-0.4, -0.2) is 33.7 Å². The highest BCUT2D eigenvalue weighted by molar-refractivity contribution is 7.93. The van der Waals surface area contributed by atoms with Gasteiger partial charge >= 0.3 is 0 Å². The van der Waals surface area contributed by atoms with E-state index in [1.165, 1.54) is 4.31 Å². The van der Waals surface area contributed by atoms with Crippen LogP contribution in [0.15, 0.2) is 48.5 Å². The summed E-state index contributed by atoms with van der Waals surface area (Å²) < 4.78 is 30.3. The van der Waals surface area contributed by atoms with Crippen LogP contribution in [0.2, 0.25) is 0 Å². The molecule has 0 aliphatic carbocycles. The minimum atomic E-state index is -3.21. The van der Waals surface area contributed by atoms with Crippen LogP contribution in [0.5, 0.6) is 5.75 Å². The Morgan fingerprint density at radius 3 is 2.54 bits per heavy atom. The molecule has 24 heavy (non-hydrogen) atoms. The number of methoxy groups -OCH3 is 1. The van der Waals surface area contributed by atoms with E-state index in [0.717, 1.165) is 0 Å². The summed E-state index contributed by atoms with van der Waals surface area (Å²) in [4.78, 5) is 12.3. The Kier molecular flexibility index (Phi) is 4.44. The summed E-state index contributed by atoms with van der Waals surface area (Å²) in [6.07, 6.45) is 0.625. The summed E-state index contributed by atoms with van der Waals surface area (Å²) in [7, 11) is -1.65. The van der Waals surface area contributed by atoms with Crippen molar-refractivity contribution >= 4 is 27.3 Å². The fourth-order valence-corrected chi connectivity index (χ4v) is 4.18. The summed E-state index contributed by atoms with van der Waals surface area (Å²) in [5, 5.41) is 2.79. The Morgan fingerprint density at radius 1 is 1.17 bits per heavy atom. The molecule has 2 aromatic carbocycles. The van der Waals surface area contributed by atoms with Crippen LogP contribution in [0.3, 0.4) is 0 Å². The fourth-order valence-electron chi connectivity index (χ4n) is 2.61. The number of carbonyl (C=O) groups excluding carboxylic acids is 1. The second-order valence-electron chi connectivity index (χ2n) is 5.47. The van der Waals surface area contributed by atoms with Gasteiger partial charge in [0.2, 0.25) is 10.0 Å². The standard InChI is InChI=1S/C17H18N2O4S/c1-23-16-5-2-4-14(12-16)18-17(20)13-6-8-15(9-7-13)19-10-3-11-24(19,21)22/h2,4-9,12H,3,10-11H2,1H3,(H,18,20). The Hall–Kier alpha value is -2.54. The molecule has 0 saturated carbocycles. The fraction of sp³-hybridized carbons (Fsp3) is 0.235. The van der Waals surface area contributed by atoms with E-state index in [1.807, 2.05) is 0 Å². The number of nitrogens with one attached hydrogen (secondary N) is 1. The van der Waals surface area contributed by atoms with E-state index < -0.39 is 10.0 Å². The molecule has 1 N–H and O–H groups in total. The van der Waals surface area contributed by atoms with Crippen molar-refractivity contribution in [2.45, 2.75) is 6.42 Å². The molecule has 6 nitrogen and oxygen atoms in total. The first kappa shape index (κ1) is 16.3. The lowest BCUT2D eigenvalue weighted by molar-refractivity contribution is 0.102. The third-order valence-electron chi connectivity index (χ3n) is 3.84. The topological polar surface area (TPSA) is 75.7 Å². The first-order valence-corrected chi connectivity index (χ1v) is 9.16. The third kappa shape index (κ3) is 3.35. The molecular formula is C17H18N2O4S. The zero-order chi connectivity index (χ0) is 17.2. The number of carbonyl (C=O) groups is 1. The number of sulfonamides is 1. The van der Waals surface area contributed by atoms with Gasteiger partial charge < -0.3 is 10.1 Å². The summed E-state index contributed by atoms with van der Waals surface area (Å²) in [6, 6.07) is 13.6. The summed E-state index contributed by atoms with van der Waals surface area (Å²) in [6.45, 7) is 0.484. The van der Waals surface area contributed by atoms with E-state index in [1.54, 1.807) is 55.6 Å². The van der Waals surface area contributed by atoms with Gasteiger partial charge in [0.15, 0.2) is 0 Å². The van der Waals surface area contributed by atoms with E-state index in [0.29, 0.717) is 35.7 Å². The molecule has 126 valence electrons. The highest BCUT2D eigenvalue weighted by atomic mass is 32.2. The van der Waals surface area contributed by atoms with Gasteiger partial charge in [0.05, 0.1) is 18.6 Å². The highest BCUT2D eigenvalue weighted by Gasteiger charge is 2.28. The molecule has 1 aliphatic heterocycles. The number of amides is 1. The van der Waals surface area contributed by atoms with E-state index >= 15 is 0 Å². The molecule has 0 bridgehead atoms. The molecule has 0 aromatic heterocycles. The highest BCUT2D eigenvalue weighted by Crippen LogP contribution is 2.24. The first-order chi connectivity index (χ1) is 11.5. The lowest BCUT2D eigenvalue weighted by Crippen LogP contribution is -2.25. The molecular weight excluding hydrogens is 328 g/mol. The Bertz CT molecular complexity index is 847. The molecule has 7 heteroatoms. The number of rotatable bonds is 4. The maximum Gasteiger partial charge on any atom is 0.255 e. The first-order valence-electron chi connectivity index (χ1n) is 7.55. The largest absolute Gasteiger partial charge is 0.497 e. The van der Waals surface area contributed by atoms with Gasteiger partial charge in [0.25, 0.3) is 5.91 Å². The number of nitrogens with zero attached hydrogens (tertiary/aromatic N) is 1. The number of benzene rings is 2. The minimum absolute atomic E-state index is 0.172. The lowest BCUT2D eigenvalue weighted by Gasteiger charge is -2.17. The second kappa shape index (κ2) is 6.52. The molecule has 1 amide bonds. The van der Waals surface area contributed by atoms with Crippen LogP contribution in [0.25, 0.3) is 0 Å². The predicted molar refractivity (Wildman–Crippen MR) is 93.1 cm³/mol. The Balaban J connectivity index is 1.74. The third-order valence-corrected chi connectivity index (χ3v) is 5.71. The summed E-state index contributed by atoms with van der Waals surface area (Å²) in [5.41, 5.74) is 1.68.